The van der Waals surface area contributed by atoms with Crippen molar-refractivity contribution in [1.29, 1.82) is 0 Å². The molecule has 0 aromatic heterocycles. The van der Waals surface area contributed by atoms with Crippen molar-refractivity contribution in [2.24, 2.45) is 0 Å². The van der Waals surface area contributed by atoms with Crippen LogP contribution in [0, 0.1) is 0 Å². The molecule has 0 aliphatic heterocycles. The molecule has 1 aliphatic rings. The Hall–Kier alpha value is -0.0800. The smallest absolute Gasteiger partial charge is 0.0930 e. The first-order valence-electron chi connectivity index (χ1n) is 5.96. The molecule has 0 aromatic rings. The molecule has 1 fully saturated rings. The highest BCUT2D eigenvalue weighted by molar-refractivity contribution is 4.97. The Morgan fingerprint density at radius 2 is 1.64 bits per heavy atom. The molecule has 1 aliphatic carbocycles. The van der Waals surface area contributed by atoms with Gasteiger partial charge in [-0.05, 0) is 26.2 Å². The first-order valence-corrected chi connectivity index (χ1v) is 5.96. The van der Waals surface area contributed by atoms with Crippen LogP contribution in [0.25, 0.3) is 0 Å². The van der Waals surface area contributed by atoms with E-state index in [1.54, 1.807) is 6.92 Å². The summed E-state index contributed by atoms with van der Waals surface area (Å²) in [7, 11) is 0. The monoisotopic (exact) mass is 200 g/mol. The predicted octanol–water partition coefficient (Wildman–Crippen LogP) is 2.62. The lowest BCUT2D eigenvalue weighted by Crippen LogP contribution is -2.51. The fourth-order valence-electron chi connectivity index (χ4n) is 2.57. The maximum atomic E-state index is 10.5. The average Bonchev–Trinajstić information content (AvgIpc) is 2.31. The minimum absolute atomic E-state index is 0.698. The quantitative estimate of drug-likeness (QED) is 0.687. The van der Waals surface area contributed by atoms with Crippen molar-refractivity contribution in [3.63, 3.8) is 0 Å². The molecule has 1 atom stereocenters. The molecule has 1 rings (SSSR count). The second-order valence-corrected chi connectivity index (χ2v) is 4.97. The molecule has 1 unspecified atom stereocenters. The van der Waals surface area contributed by atoms with E-state index < -0.39 is 11.2 Å². The Morgan fingerprint density at radius 3 is 2.07 bits per heavy atom. The average molecular weight is 200 g/mol. The summed E-state index contributed by atoms with van der Waals surface area (Å²) < 4.78 is 0. The maximum Gasteiger partial charge on any atom is 0.0930 e. The van der Waals surface area contributed by atoms with E-state index in [9.17, 15) is 10.2 Å². The second-order valence-electron chi connectivity index (χ2n) is 4.97. The van der Waals surface area contributed by atoms with E-state index >= 15 is 0 Å². The Morgan fingerprint density at radius 1 is 1.14 bits per heavy atom. The number of aliphatic hydroxyl groups is 2. The largest absolute Gasteiger partial charge is 0.387 e. The zero-order valence-corrected chi connectivity index (χ0v) is 9.55. The normalized spacial score (nSPS) is 26.6. The number of rotatable bonds is 3. The van der Waals surface area contributed by atoms with Crippen LogP contribution >= 0.6 is 0 Å². The Balaban J connectivity index is 2.68. The fraction of sp³-hybridized carbons (Fsp3) is 1.00. The summed E-state index contributed by atoms with van der Waals surface area (Å²) in [4.78, 5) is 0. The molecule has 2 N–H and O–H groups in total. The third-order valence-electron chi connectivity index (χ3n) is 3.67. The van der Waals surface area contributed by atoms with Gasteiger partial charge in [0.25, 0.3) is 0 Å². The van der Waals surface area contributed by atoms with E-state index in [1.807, 2.05) is 0 Å². The molecule has 0 spiro atoms. The zero-order valence-electron chi connectivity index (χ0n) is 9.55. The molecular weight excluding hydrogens is 176 g/mol. The molecule has 0 radical (unpaired) electrons. The van der Waals surface area contributed by atoms with Gasteiger partial charge >= 0.3 is 0 Å². The van der Waals surface area contributed by atoms with Gasteiger partial charge in [-0.2, -0.15) is 0 Å². The Kier molecular flexibility index (Phi) is 3.96. The van der Waals surface area contributed by atoms with Crippen molar-refractivity contribution < 1.29 is 10.2 Å². The van der Waals surface area contributed by atoms with Gasteiger partial charge in [-0.3, -0.25) is 0 Å². The van der Waals surface area contributed by atoms with Gasteiger partial charge < -0.3 is 10.2 Å². The summed E-state index contributed by atoms with van der Waals surface area (Å²) in [6.07, 6.45) is 7.65. The van der Waals surface area contributed by atoms with Gasteiger partial charge in [-0.1, -0.05) is 39.0 Å². The lowest BCUT2D eigenvalue weighted by atomic mass is 9.76. The molecule has 0 amide bonds. The first kappa shape index (κ1) is 12.0. The van der Waals surface area contributed by atoms with Crippen LogP contribution in [0.2, 0.25) is 0 Å². The lowest BCUT2D eigenvalue weighted by molar-refractivity contribution is -0.152. The van der Waals surface area contributed by atoms with Crippen LogP contribution in [0.15, 0.2) is 0 Å². The van der Waals surface area contributed by atoms with E-state index in [0.29, 0.717) is 6.42 Å². The number of hydrogen-bond donors (Lipinski definition) is 2. The molecule has 84 valence electrons. The van der Waals surface area contributed by atoms with Crippen LogP contribution in [0.5, 0.6) is 0 Å². The summed E-state index contributed by atoms with van der Waals surface area (Å²) in [5, 5.41) is 20.7. The zero-order chi connectivity index (χ0) is 10.7. The van der Waals surface area contributed by atoms with Crippen LogP contribution in [0.4, 0.5) is 0 Å². The summed E-state index contributed by atoms with van der Waals surface area (Å²) >= 11 is 0. The van der Waals surface area contributed by atoms with Gasteiger partial charge in [-0.25, -0.2) is 0 Å². The van der Waals surface area contributed by atoms with Gasteiger partial charge in [0.2, 0.25) is 0 Å². The third-order valence-corrected chi connectivity index (χ3v) is 3.67. The minimum atomic E-state index is -0.897. The molecule has 0 aromatic carbocycles. The molecular formula is C12H24O2. The van der Waals surface area contributed by atoms with E-state index in [1.165, 1.54) is 12.8 Å². The highest BCUT2D eigenvalue weighted by Gasteiger charge is 2.44. The highest BCUT2D eigenvalue weighted by atomic mass is 16.4. The van der Waals surface area contributed by atoms with E-state index in [-0.39, 0.29) is 0 Å². The van der Waals surface area contributed by atoms with Gasteiger partial charge in [0.15, 0.2) is 0 Å². The van der Waals surface area contributed by atoms with Crippen molar-refractivity contribution in [1.82, 2.24) is 0 Å². The van der Waals surface area contributed by atoms with Gasteiger partial charge in [0.1, 0.15) is 0 Å². The maximum absolute atomic E-state index is 10.5. The summed E-state index contributed by atoms with van der Waals surface area (Å²) in [5.74, 6) is 0. The van der Waals surface area contributed by atoms with Crippen LogP contribution < -0.4 is 0 Å². The summed E-state index contributed by atoms with van der Waals surface area (Å²) in [5.41, 5.74) is -1.73. The van der Waals surface area contributed by atoms with Crippen LogP contribution in [0.3, 0.4) is 0 Å². The molecule has 0 heterocycles. The number of hydrogen-bond acceptors (Lipinski definition) is 2. The lowest BCUT2D eigenvalue weighted by Gasteiger charge is -2.41. The third kappa shape index (κ3) is 2.48. The molecule has 14 heavy (non-hydrogen) atoms. The molecule has 1 saturated carbocycles. The summed E-state index contributed by atoms with van der Waals surface area (Å²) in [6, 6.07) is 0. The van der Waals surface area contributed by atoms with Crippen molar-refractivity contribution in [3.05, 3.63) is 0 Å². The van der Waals surface area contributed by atoms with Gasteiger partial charge in [0, 0.05) is 0 Å². The van der Waals surface area contributed by atoms with Gasteiger partial charge in [0.05, 0.1) is 11.2 Å². The van der Waals surface area contributed by atoms with Gasteiger partial charge in [-0.15, -0.1) is 0 Å². The Labute approximate surface area is 87.3 Å². The van der Waals surface area contributed by atoms with Crippen LogP contribution in [0.1, 0.15) is 65.2 Å². The van der Waals surface area contributed by atoms with Crippen molar-refractivity contribution >= 4 is 0 Å². The highest BCUT2D eigenvalue weighted by Crippen LogP contribution is 2.38. The summed E-state index contributed by atoms with van der Waals surface area (Å²) in [6.45, 7) is 3.84. The van der Waals surface area contributed by atoms with E-state index in [0.717, 1.165) is 32.1 Å². The second kappa shape index (κ2) is 4.63. The van der Waals surface area contributed by atoms with Crippen molar-refractivity contribution in [3.8, 4) is 0 Å². The van der Waals surface area contributed by atoms with Crippen molar-refractivity contribution in [2.75, 3.05) is 0 Å². The predicted molar refractivity (Wildman–Crippen MR) is 58.2 cm³/mol. The Bertz CT molecular complexity index is 167. The molecule has 2 heteroatoms. The topological polar surface area (TPSA) is 40.5 Å². The van der Waals surface area contributed by atoms with Crippen molar-refractivity contribution in [2.45, 2.75) is 76.4 Å². The standard InChI is InChI=1S/C12H24O2/c1-3-8-11(2,13)12(14)9-6-4-5-7-10-12/h13-14H,3-10H2,1-2H3. The molecule has 0 bridgehead atoms. The molecule has 2 nitrogen and oxygen atoms in total. The fourth-order valence-corrected chi connectivity index (χ4v) is 2.57. The van der Waals surface area contributed by atoms with E-state index in [4.69, 9.17) is 0 Å². The first-order chi connectivity index (χ1) is 6.52. The van der Waals surface area contributed by atoms with Crippen LogP contribution in [-0.4, -0.2) is 21.4 Å². The van der Waals surface area contributed by atoms with Crippen LogP contribution in [-0.2, 0) is 0 Å². The van der Waals surface area contributed by atoms with E-state index in [2.05, 4.69) is 6.92 Å². The minimum Gasteiger partial charge on any atom is -0.387 e. The molecule has 0 saturated heterocycles. The SMILES string of the molecule is CCCC(C)(O)C1(O)CCCCCC1.